The third-order valence-corrected chi connectivity index (χ3v) is 3.81. The average Bonchev–Trinajstić information content (AvgIpc) is 2.48. The Bertz CT molecular complexity index is 572. The Kier molecular flexibility index (Phi) is 4.79. The van der Waals surface area contributed by atoms with Gasteiger partial charge in [-0.05, 0) is 31.7 Å². The molecule has 22 heavy (non-hydrogen) atoms. The normalized spacial score (nSPS) is 22.0. The lowest BCUT2D eigenvalue weighted by molar-refractivity contribution is -0.185. The maximum atomic E-state index is 13.9. The number of methoxy groups -OCH3 is 1. The van der Waals surface area contributed by atoms with E-state index in [1.165, 1.54) is 13.2 Å². The van der Waals surface area contributed by atoms with E-state index in [0.29, 0.717) is 0 Å². The molecule has 0 N–H and O–H groups in total. The molecule has 1 fully saturated rings. The first-order valence-electron chi connectivity index (χ1n) is 6.86. The molecule has 0 aromatic heterocycles. The summed E-state index contributed by atoms with van der Waals surface area (Å²) in [6.07, 6.45) is -4.27. The summed E-state index contributed by atoms with van der Waals surface area (Å²) in [6, 6.07) is 4.04. The van der Waals surface area contributed by atoms with Crippen LogP contribution in [0.15, 0.2) is 12.1 Å². The molecule has 0 bridgehead atoms. The summed E-state index contributed by atoms with van der Waals surface area (Å²) >= 11 is 0. The minimum absolute atomic E-state index is 0.0246. The van der Waals surface area contributed by atoms with E-state index in [1.54, 1.807) is 6.07 Å². The van der Waals surface area contributed by atoms with Crippen molar-refractivity contribution in [2.45, 2.75) is 38.0 Å². The van der Waals surface area contributed by atoms with Crippen molar-refractivity contribution in [1.82, 2.24) is 0 Å². The second-order valence-electron chi connectivity index (χ2n) is 5.23. The predicted molar refractivity (Wildman–Crippen MR) is 70.1 cm³/mol. The Morgan fingerprint density at radius 3 is 2.27 bits per heavy atom. The molecular formula is C15H15F4NO2. The van der Waals surface area contributed by atoms with Crippen LogP contribution >= 0.6 is 0 Å². The summed E-state index contributed by atoms with van der Waals surface area (Å²) in [5, 5.41) is 8.85. The highest BCUT2D eigenvalue weighted by Crippen LogP contribution is 2.39. The van der Waals surface area contributed by atoms with Gasteiger partial charge in [0.25, 0.3) is 0 Å². The molecule has 0 unspecified atom stereocenters. The molecule has 1 aliphatic carbocycles. The van der Waals surface area contributed by atoms with Crippen LogP contribution in [0.5, 0.6) is 11.5 Å². The fraction of sp³-hybridized carbons (Fsp3) is 0.533. The second-order valence-corrected chi connectivity index (χ2v) is 5.23. The molecule has 0 aliphatic heterocycles. The van der Waals surface area contributed by atoms with E-state index in [0.717, 1.165) is 6.07 Å². The zero-order chi connectivity index (χ0) is 16.3. The Labute approximate surface area is 125 Å². The molecule has 0 amide bonds. The number of alkyl halides is 3. The quantitative estimate of drug-likeness (QED) is 0.784. The van der Waals surface area contributed by atoms with Crippen molar-refractivity contribution in [1.29, 1.82) is 5.26 Å². The summed E-state index contributed by atoms with van der Waals surface area (Å²) in [4.78, 5) is 0. The molecule has 120 valence electrons. The molecule has 0 radical (unpaired) electrons. The molecular weight excluding hydrogens is 302 g/mol. The van der Waals surface area contributed by atoms with Gasteiger partial charge in [0.1, 0.15) is 11.8 Å². The number of nitrogens with zero attached hydrogens (tertiary/aromatic N) is 1. The van der Waals surface area contributed by atoms with Crippen LogP contribution in [0, 0.1) is 23.1 Å². The summed E-state index contributed by atoms with van der Waals surface area (Å²) < 4.78 is 62.1. The van der Waals surface area contributed by atoms with Crippen molar-refractivity contribution in [2.75, 3.05) is 7.11 Å². The van der Waals surface area contributed by atoms with Crippen LogP contribution in [-0.2, 0) is 0 Å². The molecule has 0 spiro atoms. The predicted octanol–water partition coefficient (Wildman–Crippen LogP) is 4.21. The standard InChI is InChI=1S/C15H15F4NO2/c1-21-13-7-14(12(16)6-9(13)8-20)22-11-4-2-10(3-5-11)15(17,18)19/h6-7,10-11H,2-5H2,1H3. The van der Waals surface area contributed by atoms with Gasteiger partial charge in [-0.15, -0.1) is 0 Å². The monoisotopic (exact) mass is 317 g/mol. The maximum absolute atomic E-state index is 13.9. The molecule has 0 saturated heterocycles. The topological polar surface area (TPSA) is 42.2 Å². The fourth-order valence-electron chi connectivity index (χ4n) is 2.57. The number of nitriles is 1. The number of rotatable bonds is 3. The number of benzene rings is 1. The lowest BCUT2D eigenvalue weighted by Crippen LogP contribution is -2.32. The molecule has 1 aliphatic rings. The largest absolute Gasteiger partial charge is 0.495 e. The van der Waals surface area contributed by atoms with Gasteiger partial charge in [0.2, 0.25) is 0 Å². The fourth-order valence-corrected chi connectivity index (χ4v) is 2.57. The molecule has 3 nitrogen and oxygen atoms in total. The van der Waals surface area contributed by atoms with Crippen LogP contribution in [0.1, 0.15) is 31.2 Å². The van der Waals surface area contributed by atoms with Gasteiger partial charge in [0, 0.05) is 6.07 Å². The van der Waals surface area contributed by atoms with Crippen LogP contribution < -0.4 is 9.47 Å². The second kappa shape index (κ2) is 6.42. The van der Waals surface area contributed by atoms with Crippen LogP contribution in [0.2, 0.25) is 0 Å². The summed E-state index contributed by atoms with van der Waals surface area (Å²) in [5.74, 6) is -1.97. The number of hydrogen-bond donors (Lipinski definition) is 0. The summed E-state index contributed by atoms with van der Waals surface area (Å²) in [7, 11) is 1.34. The van der Waals surface area contributed by atoms with Gasteiger partial charge in [-0.25, -0.2) is 4.39 Å². The highest BCUT2D eigenvalue weighted by Gasteiger charge is 2.41. The zero-order valence-electron chi connectivity index (χ0n) is 11.9. The Hall–Kier alpha value is -1.97. The van der Waals surface area contributed by atoms with E-state index >= 15 is 0 Å². The lowest BCUT2D eigenvalue weighted by Gasteiger charge is -2.30. The number of halogens is 4. The van der Waals surface area contributed by atoms with Crippen molar-refractivity contribution in [2.24, 2.45) is 5.92 Å². The molecule has 0 heterocycles. The number of ether oxygens (including phenoxy) is 2. The van der Waals surface area contributed by atoms with E-state index in [-0.39, 0.29) is 42.7 Å². The molecule has 1 aromatic carbocycles. The lowest BCUT2D eigenvalue weighted by atomic mass is 9.87. The van der Waals surface area contributed by atoms with Crippen LogP contribution in [0.4, 0.5) is 17.6 Å². The van der Waals surface area contributed by atoms with Gasteiger partial charge < -0.3 is 9.47 Å². The number of hydrogen-bond acceptors (Lipinski definition) is 3. The van der Waals surface area contributed by atoms with E-state index < -0.39 is 24.0 Å². The van der Waals surface area contributed by atoms with Gasteiger partial charge >= 0.3 is 6.18 Å². The molecule has 7 heteroatoms. The van der Waals surface area contributed by atoms with E-state index in [1.807, 2.05) is 0 Å². The summed E-state index contributed by atoms with van der Waals surface area (Å²) in [5.41, 5.74) is 0.0353. The minimum atomic E-state index is -4.19. The SMILES string of the molecule is COc1cc(OC2CCC(C(F)(F)F)CC2)c(F)cc1C#N. The van der Waals surface area contributed by atoms with Crippen LogP contribution in [0.3, 0.4) is 0 Å². The third kappa shape index (κ3) is 3.62. The highest BCUT2D eigenvalue weighted by atomic mass is 19.4. The Morgan fingerprint density at radius 2 is 1.77 bits per heavy atom. The maximum Gasteiger partial charge on any atom is 0.391 e. The van der Waals surface area contributed by atoms with Gasteiger partial charge in [0.05, 0.1) is 24.7 Å². The Balaban J connectivity index is 2.05. The van der Waals surface area contributed by atoms with Crippen molar-refractivity contribution in [3.63, 3.8) is 0 Å². The van der Waals surface area contributed by atoms with Crippen LogP contribution in [-0.4, -0.2) is 19.4 Å². The van der Waals surface area contributed by atoms with Crippen molar-refractivity contribution in [3.05, 3.63) is 23.5 Å². The van der Waals surface area contributed by atoms with Gasteiger partial charge in [0.15, 0.2) is 11.6 Å². The first-order chi connectivity index (χ1) is 10.3. The van der Waals surface area contributed by atoms with Crippen molar-refractivity contribution < 1.29 is 27.0 Å². The Morgan fingerprint density at radius 1 is 1.14 bits per heavy atom. The highest BCUT2D eigenvalue weighted by molar-refractivity contribution is 5.48. The van der Waals surface area contributed by atoms with Crippen molar-refractivity contribution in [3.8, 4) is 17.6 Å². The smallest absolute Gasteiger partial charge is 0.391 e. The molecule has 1 aromatic rings. The van der Waals surface area contributed by atoms with Gasteiger partial charge in [-0.2, -0.15) is 18.4 Å². The molecule has 0 atom stereocenters. The van der Waals surface area contributed by atoms with E-state index in [2.05, 4.69) is 0 Å². The minimum Gasteiger partial charge on any atom is -0.495 e. The summed E-state index contributed by atoms with van der Waals surface area (Å²) in [6.45, 7) is 0. The van der Waals surface area contributed by atoms with Gasteiger partial charge in [-0.3, -0.25) is 0 Å². The van der Waals surface area contributed by atoms with Crippen molar-refractivity contribution >= 4 is 0 Å². The van der Waals surface area contributed by atoms with E-state index in [9.17, 15) is 17.6 Å². The first-order valence-corrected chi connectivity index (χ1v) is 6.86. The average molecular weight is 317 g/mol. The van der Waals surface area contributed by atoms with Gasteiger partial charge in [-0.1, -0.05) is 0 Å². The zero-order valence-corrected chi connectivity index (χ0v) is 11.9. The molecule has 2 rings (SSSR count). The van der Waals surface area contributed by atoms with E-state index in [4.69, 9.17) is 14.7 Å². The third-order valence-electron chi connectivity index (χ3n) is 3.81. The first kappa shape index (κ1) is 16.4. The van der Waals surface area contributed by atoms with Crippen LogP contribution in [0.25, 0.3) is 0 Å². The molecule has 1 saturated carbocycles.